The van der Waals surface area contributed by atoms with E-state index in [1.54, 1.807) is 12.1 Å². The maximum absolute atomic E-state index is 11.7. The molecule has 2 atom stereocenters. The van der Waals surface area contributed by atoms with Crippen molar-refractivity contribution in [1.82, 2.24) is 5.32 Å². The Labute approximate surface area is 127 Å². The lowest BCUT2D eigenvalue weighted by molar-refractivity contribution is 0.400. The third kappa shape index (κ3) is 4.08. The van der Waals surface area contributed by atoms with E-state index < -0.39 is 9.84 Å². The van der Waals surface area contributed by atoms with Gasteiger partial charge in [-0.15, -0.1) is 0 Å². The van der Waals surface area contributed by atoms with Gasteiger partial charge in [0.25, 0.3) is 0 Å². The Kier molecular flexibility index (Phi) is 5.06. The van der Waals surface area contributed by atoms with Gasteiger partial charge in [-0.1, -0.05) is 18.2 Å². The van der Waals surface area contributed by atoms with Gasteiger partial charge >= 0.3 is 0 Å². The van der Waals surface area contributed by atoms with E-state index in [-0.39, 0.29) is 10.9 Å². The van der Waals surface area contributed by atoms with Crippen molar-refractivity contribution in [2.24, 2.45) is 0 Å². The fraction of sp³-hybridized carbons (Fsp3) is 0.500. The van der Waals surface area contributed by atoms with Crippen LogP contribution in [0.25, 0.3) is 0 Å². The Morgan fingerprint density at radius 3 is 2.71 bits per heavy atom. The molecule has 1 aliphatic carbocycles. The number of hydrogen-bond acceptors (Lipinski definition) is 4. The van der Waals surface area contributed by atoms with E-state index in [4.69, 9.17) is 4.74 Å². The molecule has 5 heteroatoms. The standard InChI is InChI=1S/C16H23NO3S/c1-12(17-14-7-5-4-6-8-14)13-9-10-16(21(3,18)19)15(11-13)20-2/h5,7,9-12,14,17H,4,6,8H2,1-3H3/t12-,14-/m0/s1. The predicted molar refractivity (Wildman–Crippen MR) is 84.4 cm³/mol. The van der Waals surface area contributed by atoms with Gasteiger partial charge in [-0.3, -0.25) is 0 Å². The van der Waals surface area contributed by atoms with Crippen LogP contribution in [-0.4, -0.2) is 27.8 Å². The summed E-state index contributed by atoms with van der Waals surface area (Å²) in [6.07, 6.45) is 9.11. The molecule has 116 valence electrons. The molecule has 2 rings (SSSR count). The number of sulfone groups is 1. The van der Waals surface area contributed by atoms with Crippen molar-refractivity contribution in [3.63, 3.8) is 0 Å². The first-order valence-electron chi connectivity index (χ1n) is 7.22. The first kappa shape index (κ1) is 16.0. The molecule has 0 saturated carbocycles. The number of nitrogens with one attached hydrogen (secondary N) is 1. The van der Waals surface area contributed by atoms with Gasteiger partial charge in [0.15, 0.2) is 9.84 Å². The SMILES string of the molecule is COc1cc([C@H](C)N[C@H]2C=CCCC2)ccc1S(C)(=O)=O. The molecule has 0 aliphatic heterocycles. The average molecular weight is 309 g/mol. The van der Waals surface area contributed by atoms with Crippen molar-refractivity contribution in [2.45, 2.75) is 43.2 Å². The van der Waals surface area contributed by atoms with Gasteiger partial charge in [0.05, 0.1) is 7.11 Å². The van der Waals surface area contributed by atoms with Crippen LogP contribution in [0.2, 0.25) is 0 Å². The number of benzene rings is 1. The molecule has 0 saturated heterocycles. The third-order valence-corrected chi connectivity index (χ3v) is 4.94. The van der Waals surface area contributed by atoms with Gasteiger partial charge in [0.1, 0.15) is 10.6 Å². The van der Waals surface area contributed by atoms with Crippen LogP contribution in [0.15, 0.2) is 35.2 Å². The zero-order chi connectivity index (χ0) is 15.5. The quantitative estimate of drug-likeness (QED) is 0.850. The summed E-state index contributed by atoms with van der Waals surface area (Å²) in [4.78, 5) is 0.235. The highest BCUT2D eigenvalue weighted by atomic mass is 32.2. The summed E-state index contributed by atoms with van der Waals surface area (Å²) >= 11 is 0. The molecule has 0 fully saturated rings. The van der Waals surface area contributed by atoms with Crippen LogP contribution in [0.5, 0.6) is 5.75 Å². The summed E-state index contributed by atoms with van der Waals surface area (Å²) in [6, 6.07) is 5.80. The van der Waals surface area contributed by atoms with Crippen molar-refractivity contribution in [2.75, 3.05) is 13.4 Å². The Morgan fingerprint density at radius 1 is 1.38 bits per heavy atom. The topological polar surface area (TPSA) is 55.4 Å². The molecule has 0 bridgehead atoms. The average Bonchev–Trinajstić information content (AvgIpc) is 2.46. The minimum absolute atomic E-state index is 0.139. The third-order valence-electron chi connectivity index (χ3n) is 3.81. The van der Waals surface area contributed by atoms with E-state index in [2.05, 4.69) is 24.4 Å². The second kappa shape index (κ2) is 6.62. The molecule has 1 N–H and O–H groups in total. The summed E-state index contributed by atoms with van der Waals surface area (Å²) in [7, 11) is -1.78. The van der Waals surface area contributed by atoms with Gasteiger partial charge < -0.3 is 10.1 Å². The van der Waals surface area contributed by atoms with Crippen molar-refractivity contribution in [1.29, 1.82) is 0 Å². The van der Waals surface area contributed by atoms with Crippen LogP contribution >= 0.6 is 0 Å². The largest absolute Gasteiger partial charge is 0.495 e. The minimum atomic E-state index is -3.27. The normalized spacial score (nSPS) is 20.2. The molecule has 4 nitrogen and oxygen atoms in total. The molecule has 1 aromatic rings. The smallest absolute Gasteiger partial charge is 0.179 e. The summed E-state index contributed by atoms with van der Waals surface area (Å²) in [5.41, 5.74) is 1.03. The number of ether oxygens (including phenoxy) is 1. The van der Waals surface area contributed by atoms with E-state index in [9.17, 15) is 8.42 Å². The Morgan fingerprint density at radius 2 is 2.14 bits per heavy atom. The van der Waals surface area contributed by atoms with Crippen molar-refractivity contribution < 1.29 is 13.2 Å². The molecule has 0 spiro atoms. The van der Waals surface area contributed by atoms with Crippen LogP contribution in [0.4, 0.5) is 0 Å². The lowest BCUT2D eigenvalue weighted by Gasteiger charge is -2.23. The number of hydrogen-bond donors (Lipinski definition) is 1. The van der Waals surface area contributed by atoms with E-state index in [0.717, 1.165) is 18.4 Å². The maximum atomic E-state index is 11.7. The maximum Gasteiger partial charge on any atom is 0.179 e. The predicted octanol–water partition coefficient (Wildman–Crippen LogP) is 2.86. The number of methoxy groups -OCH3 is 1. The first-order chi connectivity index (χ1) is 9.91. The fourth-order valence-electron chi connectivity index (χ4n) is 2.63. The van der Waals surface area contributed by atoms with Crippen LogP contribution in [0, 0.1) is 0 Å². The van der Waals surface area contributed by atoms with Gasteiger partial charge in [0.2, 0.25) is 0 Å². The van der Waals surface area contributed by atoms with Gasteiger partial charge in [-0.25, -0.2) is 8.42 Å². The Hall–Kier alpha value is -1.33. The fourth-order valence-corrected chi connectivity index (χ4v) is 3.45. The van der Waals surface area contributed by atoms with E-state index in [0.29, 0.717) is 11.8 Å². The molecule has 0 unspecified atom stereocenters. The molecule has 0 radical (unpaired) electrons. The summed E-state index contributed by atoms with van der Waals surface area (Å²) < 4.78 is 28.6. The summed E-state index contributed by atoms with van der Waals surface area (Å²) in [5, 5.41) is 3.55. The van der Waals surface area contributed by atoms with Crippen LogP contribution in [-0.2, 0) is 9.84 Å². The van der Waals surface area contributed by atoms with E-state index >= 15 is 0 Å². The van der Waals surface area contributed by atoms with E-state index in [1.165, 1.54) is 19.8 Å². The van der Waals surface area contributed by atoms with Crippen LogP contribution in [0.3, 0.4) is 0 Å². The lowest BCUT2D eigenvalue weighted by Crippen LogP contribution is -2.31. The molecule has 1 aromatic carbocycles. The number of allylic oxidation sites excluding steroid dienone is 1. The highest BCUT2D eigenvalue weighted by Gasteiger charge is 2.18. The van der Waals surface area contributed by atoms with Gasteiger partial charge in [0, 0.05) is 18.3 Å². The van der Waals surface area contributed by atoms with Crippen LogP contribution < -0.4 is 10.1 Å². The van der Waals surface area contributed by atoms with Gasteiger partial charge in [-0.2, -0.15) is 0 Å². The molecule has 0 heterocycles. The van der Waals surface area contributed by atoms with Crippen molar-refractivity contribution >= 4 is 9.84 Å². The Bertz CT molecular complexity index is 622. The minimum Gasteiger partial charge on any atom is -0.495 e. The first-order valence-corrected chi connectivity index (χ1v) is 9.11. The molecule has 0 amide bonds. The molecular weight excluding hydrogens is 286 g/mol. The highest BCUT2D eigenvalue weighted by Crippen LogP contribution is 2.28. The zero-order valence-corrected chi connectivity index (χ0v) is 13.6. The van der Waals surface area contributed by atoms with Crippen molar-refractivity contribution in [3.05, 3.63) is 35.9 Å². The monoisotopic (exact) mass is 309 g/mol. The lowest BCUT2D eigenvalue weighted by atomic mass is 10.0. The van der Waals surface area contributed by atoms with E-state index in [1.807, 2.05) is 6.07 Å². The highest BCUT2D eigenvalue weighted by molar-refractivity contribution is 7.90. The Balaban J connectivity index is 2.20. The summed E-state index contributed by atoms with van der Waals surface area (Å²) in [5.74, 6) is 0.405. The molecule has 0 aromatic heterocycles. The van der Waals surface area contributed by atoms with Gasteiger partial charge in [-0.05, 0) is 43.9 Å². The second-order valence-electron chi connectivity index (χ2n) is 5.54. The molecular formula is C16H23NO3S. The van der Waals surface area contributed by atoms with Crippen LogP contribution in [0.1, 0.15) is 37.8 Å². The zero-order valence-electron chi connectivity index (χ0n) is 12.8. The number of rotatable bonds is 5. The van der Waals surface area contributed by atoms with Crippen molar-refractivity contribution in [3.8, 4) is 5.75 Å². The second-order valence-corrected chi connectivity index (χ2v) is 7.52. The molecule has 1 aliphatic rings. The summed E-state index contributed by atoms with van der Waals surface area (Å²) in [6.45, 7) is 2.08. The molecule has 21 heavy (non-hydrogen) atoms.